The predicted octanol–water partition coefficient (Wildman–Crippen LogP) is 4.38. The summed E-state index contributed by atoms with van der Waals surface area (Å²) in [5.41, 5.74) is 4.26. The highest BCUT2D eigenvalue weighted by molar-refractivity contribution is 7.99. The molecule has 0 spiro atoms. The van der Waals surface area contributed by atoms with E-state index in [1.54, 1.807) is 6.07 Å². The second-order valence-electron chi connectivity index (χ2n) is 8.50. The van der Waals surface area contributed by atoms with Gasteiger partial charge in [-0.15, -0.1) is 11.8 Å². The number of carboxylic acids is 1. The molecule has 1 aliphatic heterocycles. The maximum Gasteiger partial charge on any atom is 0.327 e. The van der Waals surface area contributed by atoms with Gasteiger partial charge in [0.1, 0.15) is 23.2 Å². The Kier molecular flexibility index (Phi) is 4.76. The van der Waals surface area contributed by atoms with Gasteiger partial charge in [0.2, 0.25) is 0 Å². The summed E-state index contributed by atoms with van der Waals surface area (Å²) in [4.78, 5) is 29.8. The minimum Gasteiger partial charge on any atom is -0.480 e. The molecular formula is C25H22N4O3S. The average molecular weight is 459 g/mol. The van der Waals surface area contributed by atoms with Crippen LogP contribution in [0.15, 0.2) is 70.6 Å². The van der Waals surface area contributed by atoms with E-state index in [9.17, 15) is 14.7 Å². The summed E-state index contributed by atoms with van der Waals surface area (Å²) in [6.07, 6.45) is 4.04. The molecule has 4 heterocycles. The molecule has 1 aromatic carbocycles. The maximum absolute atomic E-state index is 13.2. The molecule has 1 atom stereocenters. The summed E-state index contributed by atoms with van der Waals surface area (Å²) in [6.45, 7) is 0.620. The highest BCUT2D eigenvalue weighted by atomic mass is 32.2. The van der Waals surface area contributed by atoms with Gasteiger partial charge >= 0.3 is 5.97 Å². The van der Waals surface area contributed by atoms with Crippen molar-refractivity contribution in [2.45, 2.75) is 36.4 Å². The maximum atomic E-state index is 13.2. The predicted molar refractivity (Wildman–Crippen MR) is 128 cm³/mol. The fourth-order valence-electron chi connectivity index (χ4n) is 4.57. The summed E-state index contributed by atoms with van der Waals surface area (Å²) < 4.78 is 3.48. The van der Waals surface area contributed by atoms with Crippen LogP contribution in [-0.2, 0) is 11.3 Å². The van der Waals surface area contributed by atoms with E-state index >= 15 is 0 Å². The van der Waals surface area contributed by atoms with Crippen molar-refractivity contribution in [1.29, 1.82) is 0 Å². The largest absolute Gasteiger partial charge is 0.480 e. The Morgan fingerprint density at radius 3 is 2.70 bits per heavy atom. The van der Waals surface area contributed by atoms with Gasteiger partial charge in [0.15, 0.2) is 0 Å². The third kappa shape index (κ3) is 3.41. The summed E-state index contributed by atoms with van der Waals surface area (Å²) >= 11 is 1.47. The van der Waals surface area contributed by atoms with Crippen LogP contribution in [0.3, 0.4) is 0 Å². The lowest BCUT2D eigenvalue weighted by Gasteiger charge is -2.16. The molecule has 1 fully saturated rings. The number of pyridine rings is 2. The van der Waals surface area contributed by atoms with Crippen molar-refractivity contribution < 1.29 is 9.90 Å². The van der Waals surface area contributed by atoms with Gasteiger partial charge in [-0.2, -0.15) is 0 Å². The first-order valence-electron chi connectivity index (χ1n) is 11.0. The third-order valence-corrected chi connectivity index (χ3v) is 7.47. The number of imidazole rings is 1. The van der Waals surface area contributed by atoms with E-state index in [0.29, 0.717) is 18.2 Å². The topological polar surface area (TPSA) is 88.6 Å². The van der Waals surface area contributed by atoms with E-state index in [2.05, 4.69) is 17.4 Å². The number of nitrogens with one attached hydrogen (secondary N) is 1. The van der Waals surface area contributed by atoms with Crippen LogP contribution < -0.4 is 10.9 Å². The lowest BCUT2D eigenvalue weighted by atomic mass is 10.0. The molecular weight excluding hydrogens is 436 g/mol. The number of nitrogens with zero attached hydrogens (tertiary/aromatic N) is 3. The van der Waals surface area contributed by atoms with Crippen LogP contribution in [0.5, 0.6) is 0 Å². The van der Waals surface area contributed by atoms with Gasteiger partial charge in [-0.05, 0) is 42.0 Å². The highest BCUT2D eigenvalue weighted by Crippen LogP contribution is 2.51. The lowest BCUT2D eigenvalue weighted by Crippen LogP contribution is -2.29. The Labute approximate surface area is 194 Å². The van der Waals surface area contributed by atoms with Gasteiger partial charge < -0.3 is 10.4 Å². The SMILES string of the molecule is O=C(O)C1CSc2c(C3CC3)c(-c3nc4ccccn4c3NCc3ccccc3)cc(=O)n21. The van der Waals surface area contributed by atoms with E-state index in [4.69, 9.17) is 4.98 Å². The molecule has 1 aliphatic carbocycles. The number of rotatable bonds is 6. The zero-order valence-electron chi connectivity index (χ0n) is 17.8. The summed E-state index contributed by atoms with van der Waals surface area (Å²) in [5, 5.41) is 14.0. The molecule has 4 aromatic rings. The van der Waals surface area contributed by atoms with Crippen LogP contribution in [0.4, 0.5) is 5.82 Å². The minimum absolute atomic E-state index is 0.284. The van der Waals surface area contributed by atoms with Gasteiger partial charge in [0.25, 0.3) is 5.56 Å². The van der Waals surface area contributed by atoms with Gasteiger partial charge in [-0.25, -0.2) is 9.78 Å². The van der Waals surface area contributed by atoms with Crippen molar-refractivity contribution in [3.05, 3.63) is 82.3 Å². The van der Waals surface area contributed by atoms with Crippen molar-refractivity contribution in [2.75, 3.05) is 11.1 Å². The number of thioether (sulfide) groups is 1. The van der Waals surface area contributed by atoms with Crippen molar-refractivity contribution in [1.82, 2.24) is 14.0 Å². The molecule has 8 heteroatoms. The molecule has 0 amide bonds. The quantitative estimate of drug-likeness (QED) is 0.446. The van der Waals surface area contributed by atoms with E-state index in [1.807, 2.05) is 47.0 Å². The van der Waals surface area contributed by atoms with E-state index in [0.717, 1.165) is 51.7 Å². The zero-order valence-corrected chi connectivity index (χ0v) is 18.6. The average Bonchev–Trinajstić information content (AvgIpc) is 3.44. The normalized spacial score (nSPS) is 17.3. The molecule has 7 nitrogen and oxygen atoms in total. The van der Waals surface area contributed by atoms with Crippen LogP contribution >= 0.6 is 11.8 Å². The van der Waals surface area contributed by atoms with Crippen LogP contribution in [0.1, 0.15) is 35.9 Å². The Hall–Kier alpha value is -3.52. The fourth-order valence-corrected chi connectivity index (χ4v) is 5.96. The van der Waals surface area contributed by atoms with Crippen molar-refractivity contribution >= 4 is 29.2 Å². The van der Waals surface area contributed by atoms with E-state index < -0.39 is 12.0 Å². The fraction of sp³-hybridized carbons (Fsp3) is 0.240. The van der Waals surface area contributed by atoms with Crippen LogP contribution in [0, 0.1) is 0 Å². The first-order valence-corrected chi connectivity index (χ1v) is 12.0. The number of hydrogen-bond donors (Lipinski definition) is 2. The van der Waals surface area contributed by atoms with Crippen LogP contribution in [-0.4, -0.2) is 30.8 Å². The molecule has 6 rings (SSSR count). The molecule has 2 aliphatic rings. The lowest BCUT2D eigenvalue weighted by molar-refractivity contribution is -0.140. The van der Waals surface area contributed by atoms with E-state index in [-0.39, 0.29) is 5.56 Å². The molecule has 0 radical (unpaired) electrons. The number of aliphatic carboxylic acids is 1. The Balaban J connectivity index is 1.53. The van der Waals surface area contributed by atoms with E-state index in [1.165, 1.54) is 16.3 Å². The summed E-state index contributed by atoms with van der Waals surface area (Å²) in [5.74, 6) is 0.570. The number of carboxylic acid groups (broad SMARTS) is 1. The monoisotopic (exact) mass is 458 g/mol. The minimum atomic E-state index is -0.962. The Morgan fingerprint density at radius 2 is 1.94 bits per heavy atom. The van der Waals surface area contributed by atoms with Crippen LogP contribution in [0.2, 0.25) is 0 Å². The number of hydrogen-bond acceptors (Lipinski definition) is 5. The molecule has 166 valence electrons. The zero-order chi connectivity index (χ0) is 22.5. The van der Waals surface area contributed by atoms with Gasteiger partial charge in [0.05, 0.1) is 5.03 Å². The van der Waals surface area contributed by atoms with Gasteiger partial charge in [-0.1, -0.05) is 36.4 Å². The second kappa shape index (κ2) is 7.81. The van der Waals surface area contributed by atoms with Gasteiger partial charge in [-0.3, -0.25) is 13.8 Å². The molecule has 0 saturated heterocycles. The summed E-state index contributed by atoms with van der Waals surface area (Å²) in [6, 6.07) is 16.8. The molecule has 1 saturated carbocycles. The number of fused-ring (bicyclic) bond motifs is 2. The highest BCUT2D eigenvalue weighted by Gasteiger charge is 2.38. The molecule has 0 bridgehead atoms. The van der Waals surface area contributed by atoms with Crippen molar-refractivity contribution in [2.24, 2.45) is 0 Å². The van der Waals surface area contributed by atoms with Crippen molar-refractivity contribution in [3.63, 3.8) is 0 Å². The Bertz CT molecular complexity index is 1440. The third-order valence-electron chi connectivity index (χ3n) is 6.29. The molecule has 1 unspecified atom stereocenters. The number of benzene rings is 1. The first-order chi connectivity index (χ1) is 16.1. The van der Waals surface area contributed by atoms with Gasteiger partial charge in [0, 0.05) is 30.1 Å². The molecule has 3 aromatic heterocycles. The summed E-state index contributed by atoms with van der Waals surface area (Å²) in [7, 11) is 0. The van der Waals surface area contributed by atoms with Crippen LogP contribution in [0.25, 0.3) is 16.9 Å². The Morgan fingerprint density at radius 1 is 1.15 bits per heavy atom. The molecule has 33 heavy (non-hydrogen) atoms. The van der Waals surface area contributed by atoms with Crippen molar-refractivity contribution in [3.8, 4) is 11.3 Å². The second-order valence-corrected chi connectivity index (χ2v) is 9.51. The first kappa shape index (κ1) is 20.1. The number of carbonyl (C=O) groups is 1. The smallest absolute Gasteiger partial charge is 0.327 e. The molecule has 2 N–H and O–H groups in total. The number of aromatic nitrogens is 3. The number of anilines is 1. The standard InChI is InChI=1S/C25H22N4O3S/c30-20-12-17(21(16-9-10-16)24-29(20)18(14-33-24)25(31)32)22-23(26-13-15-6-2-1-3-7-15)28-11-5-4-8-19(28)27-22/h1-8,11-12,16,18,26H,9-10,13-14H2,(H,31,32).